The average Bonchev–Trinajstić information content (AvgIpc) is 2.30. The van der Waals surface area contributed by atoms with Gasteiger partial charge in [-0.1, -0.05) is 19.1 Å². The van der Waals surface area contributed by atoms with E-state index in [9.17, 15) is 13.2 Å². The van der Waals surface area contributed by atoms with Crippen LogP contribution in [0.25, 0.3) is 0 Å². The van der Waals surface area contributed by atoms with Crippen LogP contribution >= 0.6 is 0 Å². The van der Waals surface area contributed by atoms with Crippen molar-refractivity contribution in [3.05, 3.63) is 29.8 Å². The van der Waals surface area contributed by atoms with E-state index in [-0.39, 0.29) is 11.8 Å². The second-order valence-corrected chi connectivity index (χ2v) is 4.02. The highest BCUT2D eigenvalue weighted by atomic mass is 19.4. The van der Waals surface area contributed by atoms with Crippen molar-refractivity contribution in [2.75, 3.05) is 6.54 Å². The van der Waals surface area contributed by atoms with Gasteiger partial charge in [-0.3, -0.25) is 0 Å². The maximum atomic E-state index is 12.1. The Kier molecular flexibility index (Phi) is 4.98. The summed E-state index contributed by atoms with van der Waals surface area (Å²) < 4.78 is 36.4. The van der Waals surface area contributed by atoms with Gasteiger partial charge in [0.15, 0.2) is 6.10 Å². The Morgan fingerprint density at radius 2 is 1.78 bits per heavy atom. The molecule has 0 amide bonds. The summed E-state index contributed by atoms with van der Waals surface area (Å²) in [4.78, 5) is 0. The van der Waals surface area contributed by atoms with E-state index in [0.717, 1.165) is 5.56 Å². The monoisotopic (exact) mass is 263 g/mol. The summed E-state index contributed by atoms with van der Waals surface area (Å²) in [7, 11) is 0. The number of nitrogens with one attached hydrogen (secondary N) is 1. The van der Waals surface area contributed by atoms with Crippen molar-refractivity contribution in [1.29, 1.82) is 0 Å². The van der Waals surface area contributed by atoms with Crippen LogP contribution in [0.2, 0.25) is 0 Å². The molecule has 0 bridgehead atoms. The first-order valence-corrected chi connectivity index (χ1v) is 5.61. The van der Waals surface area contributed by atoms with Gasteiger partial charge in [0.05, 0.1) is 0 Å². The molecule has 0 fully saturated rings. The Morgan fingerprint density at radius 1 is 1.22 bits per heavy atom. The number of benzene rings is 1. The summed E-state index contributed by atoms with van der Waals surface area (Å²) in [6.45, 7) is 1.27. The highest BCUT2D eigenvalue weighted by molar-refractivity contribution is 5.27. The molecule has 3 N–H and O–H groups in total. The van der Waals surface area contributed by atoms with Crippen molar-refractivity contribution in [3.63, 3.8) is 0 Å². The van der Waals surface area contributed by atoms with Crippen molar-refractivity contribution in [1.82, 2.24) is 5.32 Å². The molecule has 102 valence electrons. The Bertz CT molecular complexity index is 365. The number of hydrogen-bond donors (Lipinski definition) is 3. The first-order valence-electron chi connectivity index (χ1n) is 5.61. The molecule has 6 heteroatoms. The van der Waals surface area contributed by atoms with E-state index in [1.54, 1.807) is 12.1 Å². The van der Waals surface area contributed by atoms with Crippen LogP contribution in [0.5, 0.6) is 5.75 Å². The van der Waals surface area contributed by atoms with Crippen molar-refractivity contribution in [2.24, 2.45) is 0 Å². The third-order valence-electron chi connectivity index (χ3n) is 2.64. The number of aromatic hydroxyl groups is 1. The van der Waals surface area contributed by atoms with Gasteiger partial charge in [0.2, 0.25) is 0 Å². The van der Waals surface area contributed by atoms with E-state index >= 15 is 0 Å². The fourth-order valence-corrected chi connectivity index (χ4v) is 1.57. The lowest BCUT2D eigenvalue weighted by molar-refractivity contribution is -0.202. The third kappa shape index (κ3) is 4.19. The van der Waals surface area contributed by atoms with Crippen LogP contribution in [0.4, 0.5) is 13.2 Å². The molecule has 1 aromatic carbocycles. The second kappa shape index (κ2) is 6.06. The fourth-order valence-electron chi connectivity index (χ4n) is 1.57. The van der Waals surface area contributed by atoms with E-state index in [4.69, 9.17) is 10.2 Å². The third-order valence-corrected chi connectivity index (χ3v) is 2.64. The summed E-state index contributed by atoms with van der Waals surface area (Å²) in [5, 5.41) is 20.7. The highest BCUT2D eigenvalue weighted by Gasteiger charge is 2.38. The number of phenolic OH excluding ortho intramolecular Hbond substituents is 1. The van der Waals surface area contributed by atoms with E-state index in [1.807, 2.05) is 6.92 Å². The SMILES string of the molecule is CCC(NCC(O)C(F)(F)F)c1ccc(O)cc1. The zero-order valence-corrected chi connectivity index (χ0v) is 9.91. The first kappa shape index (κ1) is 14.8. The Hall–Kier alpha value is -1.27. The maximum absolute atomic E-state index is 12.1. The van der Waals surface area contributed by atoms with Gasteiger partial charge in [-0.25, -0.2) is 0 Å². The summed E-state index contributed by atoms with van der Waals surface area (Å²) in [5.41, 5.74) is 0.768. The van der Waals surface area contributed by atoms with Crippen LogP contribution in [0.15, 0.2) is 24.3 Å². The molecule has 0 aromatic heterocycles. The molecule has 2 atom stereocenters. The number of hydrogen-bond acceptors (Lipinski definition) is 3. The number of alkyl halides is 3. The zero-order valence-electron chi connectivity index (χ0n) is 9.91. The molecule has 0 radical (unpaired) electrons. The summed E-state index contributed by atoms with van der Waals surface area (Å²) >= 11 is 0. The summed E-state index contributed by atoms with van der Waals surface area (Å²) in [5.74, 6) is 0.101. The lowest BCUT2D eigenvalue weighted by Gasteiger charge is -2.21. The van der Waals surface area contributed by atoms with Crippen molar-refractivity contribution < 1.29 is 23.4 Å². The van der Waals surface area contributed by atoms with Crippen LogP contribution in [0.3, 0.4) is 0 Å². The number of aliphatic hydroxyl groups excluding tert-OH is 1. The summed E-state index contributed by atoms with van der Waals surface area (Å²) in [6.07, 6.45) is -6.40. The van der Waals surface area contributed by atoms with E-state index < -0.39 is 18.8 Å². The molecule has 0 aliphatic rings. The average molecular weight is 263 g/mol. The molecular formula is C12H16F3NO2. The van der Waals surface area contributed by atoms with Gasteiger partial charge in [0.25, 0.3) is 0 Å². The normalized spacial score (nSPS) is 15.4. The van der Waals surface area contributed by atoms with E-state index in [2.05, 4.69) is 5.32 Å². The molecular weight excluding hydrogens is 247 g/mol. The standard InChI is InChI=1S/C12H16F3NO2/c1-2-10(8-3-5-9(17)6-4-8)16-7-11(18)12(13,14)15/h3-6,10-11,16-18H,2,7H2,1H3. The van der Waals surface area contributed by atoms with E-state index in [1.165, 1.54) is 12.1 Å². The molecule has 0 aliphatic carbocycles. The van der Waals surface area contributed by atoms with Gasteiger partial charge in [-0.05, 0) is 24.1 Å². The predicted molar refractivity (Wildman–Crippen MR) is 61.2 cm³/mol. The smallest absolute Gasteiger partial charge is 0.415 e. The predicted octanol–water partition coefficient (Wildman–Crippen LogP) is 2.36. The first-order chi connectivity index (χ1) is 8.34. The van der Waals surface area contributed by atoms with Crippen molar-refractivity contribution in [3.8, 4) is 5.75 Å². The topological polar surface area (TPSA) is 52.5 Å². The minimum Gasteiger partial charge on any atom is -0.508 e. The lowest BCUT2D eigenvalue weighted by atomic mass is 10.0. The van der Waals surface area contributed by atoms with E-state index in [0.29, 0.717) is 6.42 Å². The minimum atomic E-state index is -4.61. The van der Waals surface area contributed by atoms with Gasteiger partial charge in [-0.15, -0.1) is 0 Å². The Balaban J connectivity index is 2.60. The van der Waals surface area contributed by atoms with Gasteiger partial charge in [0, 0.05) is 12.6 Å². The van der Waals surface area contributed by atoms with Gasteiger partial charge >= 0.3 is 6.18 Å². The summed E-state index contributed by atoms with van der Waals surface area (Å²) in [6, 6.07) is 5.93. The molecule has 18 heavy (non-hydrogen) atoms. The van der Waals surface area contributed by atoms with Crippen molar-refractivity contribution >= 4 is 0 Å². The van der Waals surface area contributed by atoms with Crippen LogP contribution in [-0.4, -0.2) is 29.0 Å². The van der Waals surface area contributed by atoms with Crippen LogP contribution < -0.4 is 5.32 Å². The van der Waals surface area contributed by atoms with Crippen LogP contribution in [0.1, 0.15) is 24.9 Å². The fraction of sp³-hybridized carbons (Fsp3) is 0.500. The number of aliphatic hydroxyl groups is 1. The van der Waals surface area contributed by atoms with Crippen LogP contribution in [0, 0.1) is 0 Å². The minimum absolute atomic E-state index is 0.101. The molecule has 3 nitrogen and oxygen atoms in total. The second-order valence-electron chi connectivity index (χ2n) is 4.02. The highest BCUT2D eigenvalue weighted by Crippen LogP contribution is 2.22. The number of rotatable bonds is 5. The molecule has 1 rings (SSSR count). The molecule has 1 aromatic rings. The molecule has 0 spiro atoms. The molecule has 0 aliphatic heterocycles. The lowest BCUT2D eigenvalue weighted by Crippen LogP contribution is -2.39. The van der Waals surface area contributed by atoms with Gasteiger partial charge in [-0.2, -0.15) is 13.2 Å². The number of halogens is 3. The molecule has 0 saturated heterocycles. The Labute approximate surface area is 103 Å². The largest absolute Gasteiger partial charge is 0.508 e. The quantitative estimate of drug-likeness (QED) is 0.764. The molecule has 2 unspecified atom stereocenters. The van der Waals surface area contributed by atoms with Crippen molar-refractivity contribution in [2.45, 2.75) is 31.7 Å². The Morgan fingerprint density at radius 3 is 2.22 bits per heavy atom. The van der Waals surface area contributed by atoms with Gasteiger partial charge < -0.3 is 15.5 Å². The zero-order chi connectivity index (χ0) is 13.8. The van der Waals surface area contributed by atoms with Gasteiger partial charge in [0.1, 0.15) is 5.75 Å². The maximum Gasteiger partial charge on any atom is 0.415 e. The molecule has 0 saturated carbocycles. The molecule has 0 heterocycles. The van der Waals surface area contributed by atoms with Crippen LogP contribution in [-0.2, 0) is 0 Å². The number of phenols is 1.